The lowest BCUT2D eigenvalue weighted by molar-refractivity contribution is 0.475. The summed E-state index contributed by atoms with van der Waals surface area (Å²) in [6.45, 7) is 0.493. The predicted molar refractivity (Wildman–Crippen MR) is 139 cm³/mol. The van der Waals surface area contributed by atoms with Gasteiger partial charge in [-0.2, -0.15) is 0 Å². The van der Waals surface area contributed by atoms with Crippen molar-refractivity contribution in [3.05, 3.63) is 83.5 Å². The van der Waals surface area contributed by atoms with Gasteiger partial charge >= 0.3 is 0 Å². The monoisotopic (exact) mass is 525 g/mol. The highest BCUT2D eigenvalue weighted by molar-refractivity contribution is 7.89. The number of hydrogen-bond acceptors (Lipinski definition) is 7. The maximum Gasteiger partial charge on any atom is 0.240 e. The van der Waals surface area contributed by atoms with Crippen LogP contribution in [0.3, 0.4) is 0 Å². The van der Waals surface area contributed by atoms with Gasteiger partial charge in [0.15, 0.2) is 4.96 Å². The fraction of sp³-hybridized carbons (Fsp3) is 0.0833. The van der Waals surface area contributed by atoms with E-state index in [0.29, 0.717) is 17.4 Å². The van der Waals surface area contributed by atoms with E-state index in [1.165, 1.54) is 23.5 Å². The van der Waals surface area contributed by atoms with Gasteiger partial charge in [-0.25, -0.2) is 23.1 Å². The van der Waals surface area contributed by atoms with Crippen molar-refractivity contribution in [2.75, 3.05) is 18.4 Å². The zero-order valence-electron chi connectivity index (χ0n) is 18.2. The summed E-state index contributed by atoms with van der Waals surface area (Å²) in [5, 5.41) is 15.4. The topological polar surface area (TPSA) is 109 Å². The zero-order valence-corrected chi connectivity index (χ0v) is 20.6. The molecular formula is C24H20ClN5O3S2. The van der Waals surface area contributed by atoms with E-state index in [9.17, 15) is 13.5 Å². The standard InChI is InChI=1S/C24H20ClN5O3S2/c25-18-4-2-6-20(15-18)35(32,33)28-10-9-27-21-14-17(7-8-26-21)23-22(16-3-1-5-19(31)13-16)29-24-30(23)11-12-34-24/h1-8,11-15,28,31H,9-10H2,(H,26,27). The number of phenols is 1. The first-order valence-electron chi connectivity index (χ1n) is 10.6. The normalized spacial score (nSPS) is 11.7. The van der Waals surface area contributed by atoms with Crippen LogP contribution in [0, 0.1) is 0 Å². The molecule has 2 aromatic carbocycles. The average Bonchev–Trinajstić information content (AvgIpc) is 3.44. The summed E-state index contributed by atoms with van der Waals surface area (Å²) in [4.78, 5) is 10.1. The lowest BCUT2D eigenvalue weighted by atomic mass is 10.1. The number of imidazole rings is 1. The molecular weight excluding hydrogens is 506 g/mol. The van der Waals surface area contributed by atoms with Crippen molar-refractivity contribution in [1.29, 1.82) is 0 Å². The third-order valence-electron chi connectivity index (χ3n) is 5.24. The molecule has 0 atom stereocenters. The lowest BCUT2D eigenvalue weighted by Gasteiger charge is -2.10. The summed E-state index contributed by atoms with van der Waals surface area (Å²) < 4.78 is 29.5. The summed E-state index contributed by atoms with van der Waals surface area (Å²) >= 11 is 7.43. The van der Waals surface area contributed by atoms with E-state index in [0.717, 1.165) is 27.5 Å². The fourth-order valence-electron chi connectivity index (χ4n) is 3.68. The number of thiazole rings is 1. The third-order valence-corrected chi connectivity index (χ3v) is 7.70. The largest absolute Gasteiger partial charge is 0.508 e. The van der Waals surface area contributed by atoms with Gasteiger partial charge in [0, 0.05) is 47.0 Å². The Hall–Kier alpha value is -3.44. The van der Waals surface area contributed by atoms with E-state index in [1.54, 1.807) is 36.5 Å². The van der Waals surface area contributed by atoms with Crippen LogP contribution in [-0.2, 0) is 10.0 Å². The summed E-state index contributed by atoms with van der Waals surface area (Å²) in [5.41, 5.74) is 3.31. The fourth-order valence-corrected chi connectivity index (χ4v) is 5.73. The molecule has 0 aliphatic carbocycles. The average molecular weight is 526 g/mol. The van der Waals surface area contributed by atoms with E-state index in [1.807, 2.05) is 34.2 Å². The zero-order chi connectivity index (χ0) is 24.4. The van der Waals surface area contributed by atoms with Crippen LogP contribution in [0.4, 0.5) is 5.82 Å². The molecule has 5 aromatic rings. The van der Waals surface area contributed by atoms with Gasteiger partial charge in [0.2, 0.25) is 10.0 Å². The van der Waals surface area contributed by atoms with Crippen molar-refractivity contribution in [2.45, 2.75) is 4.90 Å². The highest BCUT2D eigenvalue weighted by atomic mass is 35.5. The van der Waals surface area contributed by atoms with Gasteiger partial charge in [-0.15, -0.1) is 11.3 Å². The molecule has 8 nitrogen and oxygen atoms in total. The number of hydrogen-bond donors (Lipinski definition) is 3. The maximum absolute atomic E-state index is 12.5. The molecule has 5 rings (SSSR count). The molecule has 178 valence electrons. The Morgan fingerprint density at radius 2 is 1.89 bits per heavy atom. The van der Waals surface area contributed by atoms with Gasteiger partial charge in [0.1, 0.15) is 11.6 Å². The molecule has 0 saturated carbocycles. The summed E-state index contributed by atoms with van der Waals surface area (Å²) in [7, 11) is -3.66. The number of fused-ring (bicyclic) bond motifs is 1. The smallest absolute Gasteiger partial charge is 0.240 e. The summed E-state index contributed by atoms with van der Waals surface area (Å²) in [5.74, 6) is 0.763. The number of halogens is 1. The number of rotatable bonds is 8. The van der Waals surface area contributed by atoms with Crippen LogP contribution < -0.4 is 10.0 Å². The SMILES string of the molecule is O=S(=O)(NCCNc1cc(-c2c(-c3cccc(O)c3)nc3sccn23)ccn1)c1cccc(Cl)c1. The minimum absolute atomic E-state index is 0.116. The van der Waals surface area contributed by atoms with Gasteiger partial charge in [-0.1, -0.05) is 29.8 Å². The number of aromatic hydroxyl groups is 1. The first-order chi connectivity index (χ1) is 16.9. The van der Waals surface area contributed by atoms with E-state index in [2.05, 4.69) is 15.0 Å². The van der Waals surface area contributed by atoms with Crippen LogP contribution in [0.5, 0.6) is 5.75 Å². The number of pyridine rings is 1. The Morgan fingerprint density at radius 3 is 2.71 bits per heavy atom. The van der Waals surface area contributed by atoms with Gasteiger partial charge in [-0.3, -0.25) is 4.40 Å². The van der Waals surface area contributed by atoms with E-state index < -0.39 is 10.0 Å². The quantitative estimate of drug-likeness (QED) is 0.249. The van der Waals surface area contributed by atoms with Crippen molar-refractivity contribution >= 4 is 43.7 Å². The molecule has 0 aliphatic rings. The van der Waals surface area contributed by atoms with Crippen LogP contribution in [0.15, 0.2) is 83.3 Å². The van der Waals surface area contributed by atoms with Crippen LogP contribution in [0.25, 0.3) is 27.5 Å². The Morgan fingerprint density at radius 1 is 1.03 bits per heavy atom. The summed E-state index contributed by atoms with van der Waals surface area (Å²) in [6, 6.07) is 16.9. The van der Waals surface area contributed by atoms with Crippen molar-refractivity contribution < 1.29 is 13.5 Å². The predicted octanol–water partition coefficient (Wildman–Crippen LogP) is 4.87. The lowest BCUT2D eigenvalue weighted by Crippen LogP contribution is -2.29. The molecule has 0 amide bonds. The molecule has 0 bridgehead atoms. The number of anilines is 1. The molecule has 3 N–H and O–H groups in total. The van der Waals surface area contributed by atoms with Crippen LogP contribution in [0.1, 0.15) is 0 Å². The second kappa shape index (κ2) is 9.67. The van der Waals surface area contributed by atoms with Gasteiger partial charge < -0.3 is 10.4 Å². The maximum atomic E-state index is 12.5. The highest BCUT2D eigenvalue weighted by Crippen LogP contribution is 2.35. The van der Waals surface area contributed by atoms with Crippen molar-refractivity contribution in [1.82, 2.24) is 19.1 Å². The van der Waals surface area contributed by atoms with Gasteiger partial charge in [0.25, 0.3) is 0 Å². The van der Waals surface area contributed by atoms with E-state index in [-0.39, 0.29) is 17.2 Å². The van der Waals surface area contributed by atoms with E-state index >= 15 is 0 Å². The molecule has 0 radical (unpaired) electrons. The number of benzene rings is 2. The number of nitrogens with one attached hydrogen (secondary N) is 2. The molecule has 0 spiro atoms. The van der Waals surface area contributed by atoms with Gasteiger partial charge in [0.05, 0.1) is 16.3 Å². The first kappa shape index (κ1) is 23.3. The molecule has 3 aromatic heterocycles. The molecule has 35 heavy (non-hydrogen) atoms. The second-order valence-corrected chi connectivity index (χ2v) is 10.7. The van der Waals surface area contributed by atoms with Gasteiger partial charge in [-0.05, 0) is 42.5 Å². The molecule has 0 saturated heterocycles. The summed E-state index contributed by atoms with van der Waals surface area (Å²) in [6.07, 6.45) is 3.64. The Labute approximate surface area is 210 Å². The van der Waals surface area contributed by atoms with Crippen LogP contribution in [0.2, 0.25) is 5.02 Å². The minimum atomic E-state index is -3.66. The van der Waals surface area contributed by atoms with Crippen LogP contribution in [-0.4, -0.2) is 41.0 Å². The number of phenolic OH excluding ortho intramolecular Hbond substituents is 1. The number of sulfonamides is 1. The molecule has 0 fully saturated rings. The minimum Gasteiger partial charge on any atom is -0.508 e. The second-order valence-electron chi connectivity index (χ2n) is 7.63. The molecule has 0 aliphatic heterocycles. The first-order valence-corrected chi connectivity index (χ1v) is 13.4. The molecule has 3 heterocycles. The molecule has 0 unspecified atom stereocenters. The van der Waals surface area contributed by atoms with Crippen molar-refractivity contribution in [3.8, 4) is 28.3 Å². The Kier molecular flexibility index (Phi) is 6.44. The van der Waals surface area contributed by atoms with E-state index in [4.69, 9.17) is 16.6 Å². The third kappa shape index (κ3) is 5.01. The molecule has 11 heteroatoms. The van der Waals surface area contributed by atoms with Crippen molar-refractivity contribution in [2.24, 2.45) is 0 Å². The highest BCUT2D eigenvalue weighted by Gasteiger charge is 2.18. The van der Waals surface area contributed by atoms with Crippen molar-refractivity contribution in [3.63, 3.8) is 0 Å². The van der Waals surface area contributed by atoms with Crippen LogP contribution >= 0.6 is 22.9 Å². The Bertz CT molecular complexity index is 1610. The Balaban J connectivity index is 1.35. The number of aromatic nitrogens is 3. The number of nitrogens with zero attached hydrogens (tertiary/aromatic N) is 3.